The lowest BCUT2D eigenvalue weighted by atomic mass is 10.1. The summed E-state index contributed by atoms with van der Waals surface area (Å²) >= 11 is 12.0. The number of halogens is 2. The van der Waals surface area contributed by atoms with Gasteiger partial charge in [0.2, 0.25) is 5.95 Å². The molecule has 6 heteroatoms. The van der Waals surface area contributed by atoms with Crippen molar-refractivity contribution in [1.82, 2.24) is 9.97 Å². The summed E-state index contributed by atoms with van der Waals surface area (Å²) in [7, 11) is 0. The lowest BCUT2D eigenvalue weighted by Gasteiger charge is -2.21. The molecule has 0 bridgehead atoms. The Bertz CT molecular complexity index is 651. The molecule has 0 amide bonds. The zero-order valence-electron chi connectivity index (χ0n) is 12.5. The molecule has 1 heterocycles. The first-order valence-electron chi connectivity index (χ1n) is 6.59. The Morgan fingerprint density at radius 3 is 2.38 bits per heavy atom. The molecule has 0 saturated carbocycles. The molecule has 0 unspecified atom stereocenters. The molecule has 1 aromatic heterocycles. The average molecular weight is 325 g/mol. The quantitative estimate of drug-likeness (QED) is 0.829. The predicted molar refractivity (Wildman–Crippen MR) is 89.9 cm³/mol. The van der Waals surface area contributed by atoms with Crippen molar-refractivity contribution in [3.63, 3.8) is 0 Å². The van der Waals surface area contributed by atoms with Gasteiger partial charge in [-0.25, -0.2) is 4.98 Å². The van der Waals surface area contributed by atoms with Crippen LogP contribution in [-0.4, -0.2) is 15.5 Å². The van der Waals surface area contributed by atoms with Crippen molar-refractivity contribution >= 4 is 40.7 Å². The number of hydrogen-bond donors (Lipinski definition) is 2. The lowest BCUT2D eigenvalue weighted by molar-refractivity contribution is 0.630. The molecular weight excluding hydrogens is 307 g/mol. The molecule has 2 aromatic rings. The molecule has 1 aromatic carbocycles. The summed E-state index contributed by atoms with van der Waals surface area (Å²) in [6.07, 6.45) is 0. The molecule has 0 spiro atoms. The first-order valence-corrected chi connectivity index (χ1v) is 7.34. The van der Waals surface area contributed by atoms with Crippen LogP contribution in [0.2, 0.25) is 10.0 Å². The third kappa shape index (κ3) is 4.76. The van der Waals surface area contributed by atoms with E-state index in [4.69, 9.17) is 23.2 Å². The first-order chi connectivity index (χ1) is 9.73. The Hall–Kier alpha value is -1.52. The van der Waals surface area contributed by atoms with E-state index in [1.807, 2.05) is 13.0 Å². The second-order valence-corrected chi connectivity index (χ2v) is 6.69. The van der Waals surface area contributed by atoms with Gasteiger partial charge >= 0.3 is 0 Å². The van der Waals surface area contributed by atoms with Gasteiger partial charge in [0.15, 0.2) is 0 Å². The van der Waals surface area contributed by atoms with Gasteiger partial charge in [-0.05, 0) is 45.9 Å². The second-order valence-electron chi connectivity index (χ2n) is 5.84. The highest BCUT2D eigenvalue weighted by Crippen LogP contribution is 2.27. The SMILES string of the molecule is Cc1cc(NC(C)(C)C)nc(Nc2ccc(Cl)cc2Cl)n1. The average Bonchev–Trinajstić information content (AvgIpc) is 2.29. The molecule has 0 fully saturated rings. The van der Waals surface area contributed by atoms with Gasteiger partial charge in [0.25, 0.3) is 0 Å². The summed E-state index contributed by atoms with van der Waals surface area (Å²) < 4.78 is 0. The fourth-order valence-electron chi connectivity index (χ4n) is 1.78. The Morgan fingerprint density at radius 1 is 1.05 bits per heavy atom. The molecule has 112 valence electrons. The van der Waals surface area contributed by atoms with Gasteiger partial charge in [0, 0.05) is 22.3 Å². The van der Waals surface area contributed by atoms with Crippen molar-refractivity contribution < 1.29 is 0 Å². The van der Waals surface area contributed by atoms with E-state index in [1.54, 1.807) is 18.2 Å². The van der Waals surface area contributed by atoms with Gasteiger partial charge in [-0.2, -0.15) is 4.98 Å². The maximum absolute atomic E-state index is 6.15. The number of nitrogens with zero attached hydrogens (tertiary/aromatic N) is 2. The van der Waals surface area contributed by atoms with E-state index in [0.29, 0.717) is 21.7 Å². The first kappa shape index (κ1) is 15.9. The monoisotopic (exact) mass is 324 g/mol. The van der Waals surface area contributed by atoms with Crippen molar-refractivity contribution in [3.05, 3.63) is 40.0 Å². The Balaban J connectivity index is 2.27. The molecule has 0 aliphatic heterocycles. The largest absolute Gasteiger partial charge is 0.365 e. The minimum absolute atomic E-state index is 0.0734. The van der Waals surface area contributed by atoms with Crippen LogP contribution in [0.25, 0.3) is 0 Å². The topological polar surface area (TPSA) is 49.8 Å². The van der Waals surface area contributed by atoms with Gasteiger partial charge in [0.05, 0.1) is 10.7 Å². The summed E-state index contributed by atoms with van der Waals surface area (Å²) in [5.41, 5.74) is 1.51. The van der Waals surface area contributed by atoms with E-state index >= 15 is 0 Å². The third-order valence-corrected chi connectivity index (χ3v) is 3.08. The van der Waals surface area contributed by atoms with E-state index in [1.165, 1.54) is 0 Å². The van der Waals surface area contributed by atoms with E-state index in [-0.39, 0.29) is 5.54 Å². The van der Waals surface area contributed by atoms with Crippen LogP contribution >= 0.6 is 23.2 Å². The second kappa shape index (κ2) is 6.08. The minimum Gasteiger partial charge on any atom is -0.365 e. The summed E-state index contributed by atoms with van der Waals surface area (Å²) in [4.78, 5) is 8.82. The molecular formula is C15H18Cl2N4. The van der Waals surface area contributed by atoms with Crippen LogP contribution in [0.3, 0.4) is 0 Å². The van der Waals surface area contributed by atoms with Crippen LogP contribution in [-0.2, 0) is 0 Å². The fraction of sp³-hybridized carbons (Fsp3) is 0.333. The summed E-state index contributed by atoms with van der Waals surface area (Å²) in [6, 6.07) is 7.14. The number of hydrogen-bond acceptors (Lipinski definition) is 4. The number of anilines is 3. The minimum atomic E-state index is -0.0734. The van der Waals surface area contributed by atoms with E-state index in [9.17, 15) is 0 Å². The van der Waals surface area contributed by atoms with Crippen LogP contribution < -0.4 is 10.6 Å². The number of aromatic nitrogens is 2. The van der Waals surface area contributed by atoms with Crippen molar-refractivity contribution in [3.8, 4) is 0 Å². The third-order valence-electron chi connectivity index (χ3n) is 2.53. The number of rotatable bonds is 3. The van der Waals surface area contributed by atoms with Crippen molar-refractivity contribution in [2.45, 2.75) is 33.2 Å². The Labute approximate surface area is 134 Å². The predicted octanol–water partition coefficient (Wildman–Crippen LogP) is 5.05. The number of nitrogens with one attached hydrogen (secondary N) is 2. The fourth-order valence-corrected chi connectivity index (χ4v) is 2.24. The Kier molecular flexibility index (Phi) is 4.59. The Morgan fingerprint density at radius 2 is 1.76 bits per heavy atom. The van der Waals surface area contributed by atoms with E-state index in [2.05, 4.69) is 41.4 Å². The van der Waals surface area contributed by atoms with Crippen LogP contribution in [0.1, 0.15) is 26.5 Å². The van der Waals surface area contributed by atoms with Crippen LogP contribution in [0.15, 0.2) is 24.3 Å². The lowest BCUT2D eigenvalue weighted by Crippen LogP contribution is -2.27. The van der Waals surface area contributed by atoms with Gasteiger partial charge in [-0.1, -0.05) is 23.2 Å². The van der Waals surface area contributed by atoms with Crippen LogP contribution in [0.5, 0.6) is 0 Å². The van der Waals surface area contributed by atoms with Crippen LogP contribution in [0.4, 0.5) is 17.5 Å². The van der Waals surface area contributed by atoms with Crippen molar-refractivity contribution in [2.24, 2.45) is 0 Å². The molecule has 0 aliphatic rings. The molecule has 4 nitrogen and oxygen atoms in total. The van der Waals surface area contributed by atoms with Gasteiger partial charge in [-0.15, -0.1) is 0 Å². The zero-order chi connectivity index (χ0) is 15.6. The molecule has 2 rings (SSSR count). The summed E-state index contributed by atoms with van der Waals surface area (Å²) in [6.45, 7) is 8.15. The summed E-state index contributed by atoms with van der Waals surface area (Å²) in [5.74, 6) is 1.26. The number of aryl methyl sites for hydroxylation is 1. The molecule has 2 N–H and O–H groups in total. The maximum atomic E-state index is 6.15. The molecule has 0 atom stereocenters. The van der Waals surface area contributed by atoms with Gasteiger partial charge < -0.3 is 10.6 Å². The van der Waals surface area contributed by atoms with Crippen molar-refractivity contribution in [1.29, 1.82) is 0 Å². The van der Waals surface area contributed by atoms with E-state index in [0.717, 1.165) is 11.5 Å². The molecule has 0 radical (unpaired) electrons. The normalized spacial score (nSPS) is 11.3. The zero-order valence-corrected chi connectivity index (χ0v) is 14.0. The highest BCUT2D eigenvalue weighted by Gasteiger charge is 2.12. The molecule has 21 heavy (non-hydrogen) atoms. The maximum Gasteiger partial charge on any atom is 0.229 e. The van der Waals surface area contributed by atoms with Crippen LogP contribution in [0, 0.1) is 6.92 Å². The van der Waals surface area contributed by atoms with Gasteiger partial charge in [0.1, 0.15) is 5.82 Å². The van der Waals surface area contributed by atoms with Crippen molar-refractivity contribution in [2.75, 3.05) is 10.6 Å². The standard InChI is InChI=1S/C15H18Cl2N4/c1-9-7-13(21-15(2,3)4)20-14(18-9)19-12-6-5-10(16)8-11(12)17/h5-8H,1-4H3,(H2,18,19,20,21). The smallest absolute Gasteiger partial charge is 0.229 e. The van der Waals surface area contributed by atoms with Gasteiger partial charge in [-0.3, -0.25) is 0 Å². The number of benzene rings is 1. The highest BCUT2D eigenvalue weighted by molar-refractivity contribution is 6.36. The highest BCUT2D eigenvalue weighted by atomic mass is 35.5. The van der Waals surface area contributed by atoms with E-state index < -0.39 is 0 Å². The molecule has 0 aliphatic carbocycles. The summed E-state index contributed by atoms with van der Waals surface area (Å²) in [5, 5.41) is 7.55. The molecule has 0 saturated heterocycles.